The molecule has 0 bridgehead atoms. The molecule has 1 saturated heterocycles. The van der Waals surface area contributed by atoms with Crippen LogP contribution in [0, 0.1) is 5.92 Å². The molecule has 1 atom stereocenters. The number of rotatable bonds is 4. The second-order valence-corrected chi connectivity index (χ2v) is 4.47. The lowest BCUT2D eigenvalue weighted by Gasteiger charge is -2.10. The Morgan fingerprint density at radius 3 is 3.11 bits per heavy atom. The summed E-state index contributed by atoms with van der Waals surface area (Å²) < 4.78 is 7.09. The minimum Gasteiger partial charge on any atom is -0.383 e. The van der Waals surface area contributed by atoms with Crippen molar-refractivity contribution in [1.82, 2.24) is 14.8 Å². The monoisotopic (exact) mass is 244 g/mol. The Balaban J connectivity index is 1.60. The van der Waals surface area contributed by atoms with Gasteiger partial charge in [-0.15, -0.1) is 0 Å². The zero-order chi connectivity index (χ0) is 12.2. The number of ether oxygens (including phenoxy) is 1. The maximum absolute atomic E-state index is 5.35. The summed E-state index contributed by atoms with van der Waals surface area (Å²) in [6.45, 7) is 2.71. The molecule has 1 unspecified atom stereocenters. The van der Waals surface area contributed by atoms with E-state index in [2.05, 4.69) is 15.4 Å². The number of nitrogens with one attached hydrogen (secondary N) is 1. The Labute approximate surface area is 106 Å². The van der Waals surface area contributed by atoms with Crippen molar-refractivity contribution >= 4 is 5.69 Å². The Hall–Kier alpha value is -1.88. The molecule has 0 aliphatic carbocycles. The normalized spacial score (nSPS) is 19.0. The maximum Gasteiger partial charge on any atom is 0.153 e. The third-order valence-electron chi connectivity index (χ3n) is 3.11. The molecule has 0 aromatic carbocycles. The highest BCUT2D eigenvalue weighted by atomic mass is 16.5. The largest absolute Gasteiger partial charge is 0.383 e. The van der Waals surface area contributed by atoms with Gasteiger partial charge in [-0.05, 0) is 24.6 Å². The van der Waals surface area contributed by atoms with Crippen molar-refractivity contribution in [2.75, 3.05) is 25.1 Å². The van der Waals surface area contributed by atoms with E-state index in [0.29, 0.717) is 5.92 Å². The van der Waals surface area contributed by atoms with E-state index < -0.39 is 0 Å². The van der Waals surface area contributed by atoms with Crippen LogP contribution >= 0.6 is 0 Å². The minimum atomic E-state index is 0.621. The molecule has 94 valence electrons. The first-order chi connectivity index (χ1) is 8.92. The summed E-state index contributed by atoms with van der Waals surface area (Å²) in [7, 11) is 0. The van der Waals surface area contributed by atoms with Crippen LogP contribution in [0.3, 0.4) is 0 Å². The van der Waals surface area contributed by atoms with Crippen LogP contribution in [0.4, 0.5) is 5.69 Å². The number of pyridine rings is 1. The molecule has 1 N–H and O–H groups in total. The lowest BCUT2D eigenvalue weighted by atomic mass is 10.1. The van der Waals surface area contributed by atoms with Gasteiger partial charge in [-0.25, -0.2) is 9.67 Å². The van der Waals surface area contributed by atoms with Crippen LogP contribution in [0.2, 0.25) is 0 Å². The molecule has 5 nitrogen and oxygen atoms in total. The molecular weight excluding hydrogens is 228 g/mol. The summed E-state index contributed by atoms with van der Waals surface area (Å²) in [6, 6.07) is 5.87. The third-order valence-corrected chi connectivity index (χ3v) is 3.11. The molecule has 0 spiro atoms. The average molecular weight is 244 g/mol. The fourth-order valence-corrected chi connectivity index (χ4v) is 2.04. The predicted octanol–water partition coefficient (Wildman–Crippen LogP) is 1.72. The van der Waals surface area contributed by atoms with Crippen molar-refractivity contribution in [3.63, 3.8) is 0 Å². The first kappa shape index (κ1) is 11.2. The molecule has 1 aliphatic rings. The van der Waals surface area contributed by atoms with Crippen molar-refractivity contribution < 1.29 is 4.74 Å². The summed E-state index contributed by atoms with van der Waals surface area (Å²) in [4.78, 5) is 4.37. The van der Waals surface area contributed by atoms with E-state index in [1.54, 1.807) is 10.9 Å². The van der Waals surface area contributed by atoms with Crippen LogP contribution in [0.25, 0.3) is 5.82 Å². The summed E-state index contributed by atoms with van der Waals surface area (Å²) in [6.07, 6.45) is 6.61. The van der Waals surface area contributed by atoms with Crippen LogP contribution in [-0.4, -0.2) is 34.5 Å². The Bertz CT molecular complexity index is 474. The van der Waals surface area contributed by atoms with Gasteiger partial charge in [0.1, 0.15) is 0 Å². The van der Waals surface area contributed by atoms with Gasteiger partial charge in [0, 0.05) is 31.5 Å². The van der Waals surface area contributed by atoms with Gasteiger partial charge in [0.2, 0.25) is 0 Å². The van der Waals surface area contributed by atoms with Gasteiger partial charge >= 0.3 is 0 Å². The molecule has 3 heterocycles. The molecule has 3 rings (SSSR count). The fraction of sp³-hybridized carbons (Fsp3) is 0.385. The quantitative estimate of drug-likeness (QED) is 0.889. The van der Waals surface area contributed by atoms with Crippen molar-refractivity contribution in [2.24, 2.45) is 5.92 Å². The molecule has 0 saturated carbocycles. The van der Waals surface area contributed by atoms with Gasteiger partial charge in [0.05, 0.1) is 18.5 Å². The van der Waals surface area contributed by atoms with Gasteiger partial charge in [0.15, 0.2) is 5.82 Å². The predicted molar refractivity (Wildman–Crippen MR) is 68.8 cm³/mol. The van der Waals surface area contributed by atoms with Crippen LogP contribution in [-0.2, 0) is 4.74 Å². The zero-order valence-corrected chi connectivity index (χ0v) is 10.1. The average Bonchev–Trinajstić information content (AvgIpc) is 3.10. The van der Waals surface area contributed by atoms with Crippen LogP contribution < -0.4 is 5.32 Å². The molecule has 2 aromatic rings. The highest BCUT2D eigenvalue weighted by Crippen LogP contribution is 2.14. The molecule has 5 heteroatoms. The summed E-state index contributed by atoms with van der Waals surface area (Å²) >= 11 is 0. The lowest BCUT2D eigenvalue weighted by Crippen LogP contribution is -2.14. The van der Waals surface area contributed by atoms with E-state index in [1.165, 1.54) is 0 Å². The van der Waals surface area contributed by atoms with Crippen molar-refractivity contribution in [3.8, 4) is 5.82 Å². The summed E-state index contributed by atoms with van der Waals surface area (Å²) in [5, 5.41) is 7.53. The van der Waals surface area contributed by atoms with Gasteiger partial charge in [-0.1, -0.05) is 0 Å². The number of aromatic nitrogens is 3. The van der Waals surface area contributed by atoms with Crippen LogP contribution in [0.1, 0.15) is 6.42 Å². The second-order valence-electron chi connectivity index (χ2n) is 4.47. The minimum absolute atomic E-state index is 0.621. The first-order valence-corrected chi connectivity index (χ1v) is 6.19. The zero-order valence-electron chi connectivity index (χ0n) is 10.1. The van der Waals surface area contributed by atoms with Gasteiger partial charge in [0.25, 0.3) is 0 Å². The number of hydrogen-bond donors (Lipinski definition) is 1. The SMILES string of the molecule is c1cnn(-c2ccc(NCC3CCOC3)cn2)c1. The van der Waals surface area contributed by atoms with Gasteiger partial charge in [-0.3, -0.25) is 0 Å². The van der Waals surface area contributed by atoms with Gasteiger partial charge < -0.3 is 10.1 Å². The van der Waals surface area contributed by atoms with Gasteiger partial charge in [-0.2, -0.15) is 5.10 Å². The number of anilines is 1. The van der Waals surface area contributed by atoms with E-state index in [4.69, 9.17) is 4.74 Å². The molecule has 1 aliphatic heterocycles. The molecule has 18 heavy (non-hydrogen) atoms. The molecular formula is C13H16N4O. The summed E-state index contributed by atoms with van der Waals surface area (Å²) in [5.74, 6) is 1.45. The smallest absolute Gasteiger partial charge is 0.153 e. The second kappa shape index (κ2) is 5.18. The fourth-order valence-electron chi connectivity index (χ4n) is 2.04. The number of nitrogens with zero attached hydrogens (tertiary/aromatic N) is 3. The number of hydrogen-bond acceptors (Lipinski definition) is 4. The highest BCUT2D eigenvalue weighted by Gasteiger charge is 2.14. The summed E-state index contributed by atoms with van der Waals surface area (Å²) in [5.41, 5.74) is 1.04. The Morgan fingerprint density at radius 2 is 2.44 bits per heavy atom. The van der Waals surface area contributed by atoms with Crippen LogP contribution in [0.15, 0.2) is 36.8 Å². The van der Waals surface area contributed by atoms with E-state index in [9.17, 15) is 0 Å². The maximum atomic E-state index is 5.35. The third kappa shape index (κ3) is 2.51. The molecule has 0 radical (unpaired) electrons. The Kier molecular flexibility index (Phi) is 3.23. The van der Waals surface area contributed by atoms with Crippen LogP contribution in [0.5, 0.6) is 0 Å². The van der Waals surface area contributed by atoms with Crippen molar-refractivity contribution in [2.45, 2.75) is 6.42 Å². The van der Waals surface area contributed by atoms with E-state index in [0.717, 1.165) is 37.7 Å². The lowest BCUT2D eigenvalue weighted by molar-refractivity contribution is 0.187. The van der Waals surface area contributed by atoms with Crippen molar-refractivity contribution in [3.05, 3.63) is 36.8 Å². The Morgan fingerprint density at radius 1 is 1.44 bits per heavy atom. The standard InChI is InChI=1S/C13H16N4O/c1-5-16-17(6-1)13-3-2-12(9-15-13)14-8-11-4-7-18-10-11/h1-3,5-6,9,11,14H,4,7-8,10H2. The first-order valence-electron chi connectivity index (χ1n) is 6.19. The van der Waals surface area contributed by atoms with E-state index in [-0.39, 0.29) is 0 Å². The van der Waals surface area contributed by atoms with E-state index in [1.807, 2.05) is 30.6 Å². The molecule has 2 aromatic heterocycles. The topological polar surface area (TPSA) is 52.0 Å². The molecule has 1 fully saturated rings. The van der Waals surface area contributed by atoms with Crippen molar-refractivity contribution in [1.29, 1.82) is 0 Å². The van der Waals surface area contributed by atoms with E-state index >= 15 is 0 Å². The highest BCUT2D eigenvalue weighted by molar-refractivity contribution is 5.43. The molecule has 0 amide bonds.